The lowest BCUT2D eigenvalue weighted by molar-refractivity contribution is -0.134. The summed E-state index contributed by atoms with van der Waals surface area (Å²) in [5.74, 6) is 0.0567. The predicted molar refractivity (Wildman–Crippen MR) is 123 cm³/mol. The van der Waals surface area contributed by atoms with E-state index in [0.717, 1.165) is 11.1 Å². The standard InChI is InChI=1S/C26H27NO3S/c28-23(24-12-7-19-31-24)13-14-25(29)27-17-15-22(16-18-27)26(30,20-8-3-1-4-9-20)21-10-5-2-6-11-21/h1-12,19,22,30H,13-18H2. The second kappa shape index (κ2) is 9.58. The van der Waals surface area contributed by atoms with Crippen molar-refractivity contribution in [2.45, 2.75) is 31.3 Å². The molecule has 31 heavy (non-hydrogen) atoms. The van der Waals surface area contributed by atoms with Gasteiger partial charge in [-0.2, -0.15) is 0 Å². The Morgan fingerprint density at radius 3 is 1.97 bits per heavy atom. The van der Waals surface area contributed by atoms with Crippen LogP contribution in [0.3, 0.4) is 0 Å². The van der Waals surface area contributed by atoms with Crippen LogP contribution in [0.4, 0.5) is 0 Å². The molecule has 1 aliphatic rings. The predicted octanol–water partition coefficient (Wildman–Crippen LogP) is 4.89. The first-order valence-electron chi connectivity index (χ1n) is 10.8. The van der Waals surface area contributed by atoms with Crippen molar-refractivity contribution in [2.24, 2.45) is 5.92 Å². The van der Waals surface area contributed by atoms with Crippen LogP contribution in [-0.4, -0.2) is 34.8 Å². The van der Waals surface area contributed by atoms with E-state index in [1.165, 1.54) is 11.3 Å². The first-order valence-corrected chi connectivity index (χ1v) is 11.6. The smallest absolute Gasteiger partial charge is 0.223 e. The third-order valence-electron chi connectivity index (χ3n) is 6.23. The third kappa shape index (κ3) is 4.63. The maximum absolute atomic E-state index is 12.7. The molecule has 1 fully saturated rings. The van der Waals surface area contributed by atoms with Gasteiger partial charge in [-0.1, -0.05) is 66.7 Å². The molecule has 0 bridgehead atoms. The second-order valence-corrected chi connectivity index (χ2v) is 9.00. The van der Waals surface area contributed by atoms with Crippen molar-refractivity contribution in [1.82, 2.24) is 4.90 Å². The lowest BCUT2D eigenvalue weighted by Crippen LogP contribution is -2.46. The number of rotatable bonds is 7. The van der Waals surface area contributed by atoms with Gasteiger partial charge in [0, 0.05) is 25.9 Å². The molecule has 4 rings (SSSR count). The van der Waals surface area contributed by atoms with E-state index in [-0.39, 0.29) is 30.4 Å². The molecule has 2 heterocycles. The van der Waals surface area contributed by atoms with E-state index in [0.29, 0.717) is 30.8 Å². The highest BCUT2D eigenvalue weighted by Crippen LogP contribution is 2.41. The van der Waals surface area contributed by atoms with Gasteiger partial charge in [-0.3, -0.25) is 9.59 Å². The largest absolute Gasteiger partial charge is 0.380 e. The van der Waals surface area contributed by atoms with E-state index in [1.54, 1.807) is 6.07 Å². The van der Waals surface area contributed by atoms with Crippen LogP contribution in [0.5, 0.6) is 0 Å². The minimum atomic E-state index is -1.09. The molecule has 2 aromatic carbocycles. The van der Waals surface area contributed by atoms with Gasteiger partial charge in [0.05, 0.1) is 4.88 Å². The number of hydrogen-bond acceptors (Lipinski definition) is 4. The molecule has 4 nitrogen and oxygen atoms in total. The summed E-state index contributed by atoms with van der Waals surface area (Å²) in [6, 6.07) is 23.3. The summed E-state index contributed by atoms with van der Waals surface area (Å²) < 4.78 is 0. The van der Waals surface area contributed by atoms with Crippen LogP contribution in [-0.2, 0) is 10.4 Å². The number of nitrogens with zero attached hydrogens (tertiary/aromatic N) is 1. The molecule has 0 unspecified atom stereocenters. The maximum atomic E-state index is 12.7. The number of Topliss-reactive ketones (excluding diaryl/α,β-unsaturated/α-hetero) is 1. The van der Waals surface area contributed by atoms with Crippen molar-refractivity contribution in [3.8, 4) is 0 Å². The summed E-state index contributed by atoms with van der Waals surface area (Å²) in [4.78, 5) is 27.4. The van der Waals surface area contributed by atoms with Gasteiger partial charge < -0.3 is 10.0 Å². The quantitative estimate of drug-likeness (QED) is 0.540. The molecular weight excluding hydrogens is 406 g/mol. The highest BCUT2D eigenvalue weighted by Gasteiger charge is 2.42. The first-order chi connectivity index (χ1) is 15.1. The lowest BCUT2D eigenvalue weighted by Gasteiger charge is -2.42. The molecule has 0 atom stereocenters. The highest BCUT2D eigenvalue weighted by atomic mass is 32.1. The van der Waals surface area contributed by atoms with Gasteiger partial charge >= 0.3 is 0 Å². The van der Waals surface area contributed by atoms with Gasteiger partial charge in [0.25, 0.3) is 0 Å². The zero-order valence-corrected chi connectivity index (χ0v) is 18.3. The third-order valence-corrected chi connectivity index (χ3v) is 7.14. The fourth-order valence-electron chi connectivity index (χ4n) is 4.51. The van der Waals surface area contributed by atoms with Gasteiger partial charge in [0.15, 0.2) is 5.78 Å². The van der Waals surface area contributed by atoms with E-state index >= 15 is 0 Å². The number of hydrogen-bond donors (Lipinski definition) is 1. The van der Waals surface area contributed by atoms with Gasteiger partial charge in [0.2, 0.25) is 5.91 Å². The van der Waals surface area contributed by atoms with Crippen LogP contribution < -0.4 is 0 Å². The molecule has 3 aromatic rings. The number of carbonyl (C=O) groups is 2. The molecule has 1 aromatic heterocycles. The molecule has 0 saturated carbocycles. The van der Waals surface area contributed by atoms with Crippen LogP contribution in [0.1, 0.15) is 46.5 Å². The monoisotopic (exact) mass is 433 g/mol. The van der Waals surface area contributed by atoms with Gasteiger partial charge in [-0.05, 0) is 41.3 Å². The number of thiophene rings is 1. The summed E-state index contributed by atoms with van der Waals surface area (Å²) in [7, 11) is 0. The summed E-state index contributed by atoms with van der Waals surface area (Å²) >= 11 is 1.41. The number of aliphatic hydroxyl groups is 1. The molecule has 1 amide bonds. The zero-order valence-electron chi connectivity index (χ0n) is 17.4. The van der Waals surface area contributed by atoms with E-state index in [2.05, 4.69) is 0 Å². The van der Waals surface area contributed by atoms with Gasteiger partial charge in [-0.15, -0.1) is 11.3 Å². The number of amides is 1. The van der Waals surface area contributed by atoms with E-state index < -0.39 is 5.60 Å². The Hall–Kier alpha value is -2.76. The zero-order chi connectivity index (χ0) is 21.7. The van der Waals surface area contributed by atoms with Crippen molar-refractivity contribution < 1.29 is 14.7 Å². The van der Waals surface area contributed by atoms with Gasteiger partial charge in [-0.25, -0.2) is 0 Å². The minimum absolute atomic E-state index is 0.00843. The molecule has 0 aliphatic carbocycles. The number of benzene rings is 2. The molecule has 1 saturated heterocycles. The summed E-state index contributed by atoms with van der Waals surface area (Å²) in [5.41, 5.74) is 0.673. The normalized spacial score (nSPS) is 15.1. The molecule has 0 radical (unpaired) electrons. The summed E-state index contributed by atoms with van der Waals surface area (Å²) in [5, 5.41) is 13.8. The molecule has 1 N–H and O–H groups in total. The Bertz CT molecular complexity index is 954. The molecule has 0 spiro atoms. The van der Waals surface area contributed by atoms with Crippen molar-refractivity contribution in [1.29, 1.82) is 0 Å². The minimum Gasteiger partial charge on any atom is -0.380 e. The Kier molecular flexibility index (Phi) is 6.64. The Morgan fingerprint density at radius 1 is 0.871 bits per heavy atom. The highest BCUT2D eigenvalue weighted by molar-refractivity contribution is 7.12. The van der Waals surface area contributed by atoms with Crippen molar-refractivity contribution in [3.05, 3.63) is 94.2 Å². The summed E-state index contributed by atoms with van der Waals surface area (Å²) in [6.45, 7) is 1.19. The lowest BCUT2D eigenvalue weighted by atomic mass is 9.72. The van der Waals surface area contributed by atoms with Crippen LogP contribution >= 0.6 is 11.3 Å². The Labute approximate surface area is 187 Å². The second-order valence-electron chi connectivity index (χ2n) is 8.05. The van der Waals surface area contributed by atoms with Gasteiger partial charge in [0.1, 0.15) is 5.60 Å². The van der Waals surface area contributed by atoms with E-state index in [9.17, 15) is 14.7 Å². The average Bonchev–Trinajstić information content (AvgIpc) is 3.38. The Morgan fingerprint density at radius 2 is 1.45 bits per heavy atom. The maximum Gasteiger partial charge on any atom is 0.223 e. The van der Waals surface area contributed by atoms with Crippen LogP contribution in [0.2, 0.25) is 0 Å². The number of piperidine rings is 1. The van der Waals surface area contributed by atoms with Crippen LogP contribution in [0.25, 0.3) is 0 Å². The van der Waals surface area contributed by atoms with E-state index in [4.69, 9.17) is 0 Å². The van der Waals surface area contributed by atoms with Crippen molar-refractivity contribution in [3.63, 3.8) is 0 Å². The number of ketones is 1. The van der Waals surface area contributed by atoms with Crippen LogP contribution in [0, 0.1) is 5.92 Å². The van der Waals surface area contributed by atoms with Crippen molar-refractivity contribution in [2.75, 3.05) is 13.1 Å². The van der Waals surface area contributed by atoms with Crippen LogP contribution in [0.15, 0.2) is 78.2 Å². The molecule has 5 heteroatoms. The summed E-state index contributed by atoms with van der Waals surface area (Å²) in [6.07, 6.45) is 1.91. The fourth-order valence-corrected chi connectivity index (χ4v) is 5.20. The van der Waals surface area contributed by atoms with Crippen molar-refractivity contribution >= 4 is 23.0 Å². The first kappa shape index (κ1) is 21.5. The average molecular weight is 434 g/mol. The number of likely N-dealkylation sites (tertiary alicyclic amines) is 1. The Balaban J connectivity index is 1.42. The topological polar surface area (TPSA) is 57.6 Å². The molecule has 1 aliphatic heterocycles. The fraction of sp³-hybridized carbons (Fsp3) is 0.308. The number of carbonyl (C=O) groups excluding carboxylic acids is 2. The molecule has 160 valence electrons. The SMILES string of the molecule is O=C(CCC(=O)N1CCC(C(O)(c2ccccc2)c2ccccc2)CC1)c1cccs1. The molecular formula is C26H27NO3S. The van der Waals surface area contributed by atoms with E-state index in [1.807, 2.05) is 77.0 Å².